The van der Waals surface area contributed by atoms with Gasteiger partial charge in [-0.1, -0.05) is 0 Å². The lowest BCUT2D eigenvalue weighted by molar-refractivity contribution is 0.0610. The third-order valence-corrected chi connectivity index (χ3v) is 2.02. The van der Waals surface area contributed by atoms with Crippen LogP contribution in [0.3, 0.4) is 0 Å². The SMILES string of the molecule is CN(C)C(=O)OC1CC[CH]CC1. The zero-order valence-electron chi connectivity index (χ0n) is 7.75. The van der Waals surface area contributed by atoms with E-state index in [9.17, 15) is 4.79 Å². The first-order valence-corrected chi connectivity index (χ1v) is 4.39. The smallest absolute Gasteiger partial charge is 0.409 e. The molecule has 0 unspecified atom stereocenters. The molecule has 0 spiro atoms. The summed E-state index contributed by atoms with van der Waals surface area (Å²) in [5.74, 6) is 0. The Morgan fingerprint density at radius 3 is 2.50 bits per heavy atom. The fraction of sp³-hybridized carbons (Fsp3) is 0.778. The van der Waals surface area contributed by atoms with E-state index >= 15 is 0 Å². The third-order valence-electron chi connectivity index (χ3n) is 2.02. The van der Waals surface area contributed by atoms with Gasteiger partial charge >= 0.3 is 6.09 Å². The Hall–Kier alpha value is -0.730. The number of nitrogens with zero attached hydrogens (tertiary/aromatic N) is 1. The molecule has 1 saturated carbocycles. The van der Waals surface area contributed by atoms with Crippen molar-refractivity contribution in [1.82, 2.24) is 4.90 Å². The van der Waals surface area contributed by atoms with Gasteiger partial charge in [-0.3, -0.25) is 0 Å². The molecular weight excluding hydrogens is 154 g/mol. The van der Waals surface area contributed by atoms with Crippen molar-refractivity contribution in [3.63, 3.8) is 0 Å². The van der Waals surface area contributed by atoms with Crippen molar-refractivity contribution < 1.29 is 9.53 Å². The first-order valence-electron chi connectivity index (χ1n) is 4.39. The van der Waals surface area contributed by atoms with Crippen LogP contribution < -0.4 is 0 Å². The third kappa shape index (κ3) is 2.72. The van der Waals surface area contributed by atoms with E-state index in [0.717, 1.165) is 25.7 Å². The van der Waals surface area contributed by atoms with E-state index in [0.29, 0.717) is 0 Å². The van der Waals surface area contributed by atoms with E-state index in [1.165, 1.54) is 4.90 Å². The summed E-state index contributed by atoms with van der Waals surface area (Å²) in [4.78, 5) is 12.6. The molecule has 0 aromatic heterocycles. The molecule has 1 amide bonds. The van der Waals surface area contributed by atoms with Crippen molar-refractivity contribution in [3.8, 4) is 0 Å². The van der Waals surface area contributed by atoms with Crippen molar-refractivity contribution in [2.24, 2.45) is 0 Å². The molecule has 12 heavy (non-hydrogen) atoms. The van der Waals surface area contributed by atoms with Gasteiger partial charge in [0.1, 0.15) is 6.10 Å². The van der Waals surface area contributed by atoms with Gasteiger partial charge in [-0.15, -0.1) is 0 Å². The van der Waals surface area contributed by atoms with Gasteiger partial charge in [0.15, 0.2) is 0 Å². The molecule has 1 radical (unpaired) electrons. The van der Waals surface area contributed by atoms with Gasteiger partial charge in [0.05, 0.1) is 0 Å². The molecule has 3 nitrogen and oxygen atoms in total. The maximum atomic E-state index is 11.1. The maximum absolute atomic E-state index is 11.1. The number of ether oxygens (including phenoxy) is 1. The molecule has 1 fully saturated rings. The minimum atomic E-state index is -0.220. The summed E-state index contributed by atoms with van der Waals surface area (Å²) in [6.07, 6.45) is 6.29. The van der Waals surface area contributed by atoms with Crippen LogP contribution in [0.2, 0.25) is 0 Å². The van der Waals surface area contributed by atoms with Gasteiger partial charge in [0, 0.05) is 14.1 Å². The predicted octanol–water partition coefficient (Wildman–Crippen LogP) is 1.83. The summed E-state index contributed by atoms with van der Waals surface area (Å²) in [6.45, 7) is 0. The monoisotopic (exact) mass is 170 g/mol. The molecule has 0 aliphatic heterocycles. The summed E-state index contributed by atoms with van der Waals surface area (Å²) in [5, 5.41) is 0. The summed E-state index contributed by atoms with van der Waals surface area (Å²) < 4.78 is 5.22. The fourth-order valence-electron chi connectivity index (χ4n) is 1.26. The predicted molar refractivity (Wildman–Crippen MR) is 46.7 cm³/mol. The molecule has 3 heteroatoms. The Bertz CT molecular complexity index is 151. The lowest BCUT2D eigenvalue weighted by atomic mass is 9.98. The van der Waals surface area contributed by atoms with Crippen molar-refractivity contribution in [1.29, 1.82) is 0 Å². The standard InChI is InChI=1S/C9H16NO2/c1-10(2)9(11)12-8-6-4-3-5-7-8/h3,8H,4-7H2,1-2H3. The Balaban J connectivity index is 2.24. The molecular formula is C9H16NO2. The Labute approximate surface area is 73.7 Å². The second kappa shape index (κ2) is 4.33. The van der Waals surface area contributed by atoms with Crippen LogP contribution in [0.5, 0.6) is 0 Å². The normalized spacial score (nSPS) is 18.8. The van der Waals surface area contributed by atoms with Crippen LogP contribution >= 0.6 is 0 Å². The molecule has 0 bridgehead atoms. The Morgan fingerprint density at radius 2 is 2.00 bits per heavy atom. The number of carbonyl (C=O) groups excluding carboxylic acids is 1. The minimum Gasteiger partial charge on any atom is -0.446 e. The number of amides is 1. The molecule has 1 aliphatic carbocycles. The van der Waals surface area contributed by atoms with E-state index in [1.54, 1.807) is 14.1 Å². The van der Waals surface area contributed by atoms with Crippen molar-refractivity contribution in [2.75, 3.05) is 14.1 Å². The van der Waals surface area contributed by atoms with Gasteiger partial charge in [-0.25, -0.2) is 4.79 Å². The van der Waals surface area contributed by atoms with Crippen LogP contribution in [0, 0.1) is 6.42 Å². The van der Waals surface area contributed by atoms with E-state index in [-0.39, 0.29) is 12.2 Å². The zero-order valence-corrected chi connectivity index (χ0v) is 7.75. The lowest BCUT2D eigenvalue weighted by Crippen LogP contribution is -2.29. The van der Waals surface area contributed by atoms with Crippen LogP contribution in [0.4, 0.5) is 4.79 Å². The molecule has 0 atom stereocenters. The summed E-state index contributed by atoms with van der Waals surface area (Å²) in [7, 11) is 3.41. The maximum Gasteiger partial charge on any atom is 0.409 e. The Kier molecular flexibility index (Phi) is 3.38. The van der Waals surface area contributed by atoms with Gasteiger partial charge < -0.3 is 9.64 Å². The van der Waals surface area contributed by atoms with Gasteiger partial charge in [-0.05, 0) is 32.1 Å². The van der Waals surface area contributed by atoms with Crippen LogP contribution in [-0.2, 0) is 4.74 Å². The van der Waals surface area contributed by atoms with Crippen molar-refractivity contribution in [3.05, 3.63) is 6.42 Å². The molecule has 69 valence electrons. The van der Waals surface area contributed by atoms with Crippen LogP contribution in [-0.4, -0.2) is 31.2 Å². The largest absolute Gasteiger partial charge is 0.446 e. The molecule has 0 aromatic carbocycles. The average Bonchev–Trinajstić information content (AvgIpc) is 2.06. The van der Waals surface area contributed by atoms with E-state index in [4.69, 9.17) is 4.74 Å². The Morgan fingerprint density at radius 1 is 1.42 bits per heavy atom. The summed E-state index contributed by atoms with van der Waals surface area (Å²) >= 11 is 0. The van der Waals surface area contributed by atoms with Crippen LogP contribution in [0.1, 0.15) is 25.7 Å². The summed E-state index contributed by atoms with van der Waals surface area (Å²) in [5.41, 5.74) is 0. The number of rotatable bonds is 1. The molecule has 1 aliphatic rings. The second-order valence-corrected chi connectivity index (χ2v) is 3.34. The molecule has 0 N–H and O–H groups in total. The number of hydrogen-bond acceptors (Lipinski definition) is 2. The highest BCUT2D eigenvalue weighted by atomic mass is 16.6. The molecule has 0 heterocycles. The van der Waals surface area contributed by atoms with E-state index in [2.05, 4.69) is 6.42 Å². The van der Waals surface area contributed by atoms with Crippen LogP contribution in [0.25, 0.3) is 0 Å². The first-order chi connectivity index (χ1) is 5.70. The minimum absolute atomic E-state index is 0.143. The topological polar surface area (TPSA) is 29.5 Å². The zero-order chi connectivity index (χ0) is 8.97. The molecule has 0 aromatic rings. The molecule has 1 rings (SSSR count). The van der Waals surface area contributed by atoms with Crippen molar-refractivity contribution >= 4 is 6.09 Å². The quantitative estimate of drug-likeness (QED) is 0.601. The average molecular weight is 170 g/mol. The van der Waals surface area contributed by atoms with Gasteiger partial charge in [0.25, 0.3) is 0 Å². The van der Waals surface area contributed by atoms with Gasteiger partial charge in [-0.2, -0.15) is 0 Å². The van der Waals surface area contributed by atoms with E-state index in [1.807, 2.05) is 0 Å². The van der Waals surface area contributed by atoms with Crippen molar-refractivity contribution in [2.45, 2.75) is 31.8 Å². The summed E-state index contributed by atoms with van der Waals surface area (Å²) in [6, 6.07) is 0. The number of hydrogen-bond donors (Lipinski definition) is 0. The highest BCUT2D eigenvalue weighted by molar-refractivity contribution is 5.66. The number of carbonyl (C=O) groups is 1. The highest BCUT2D eigenvalue weighted by Crippen LogP contribution is 2.19. The highest BCUT2D eigenvalue weighted by Gasteiger charge is 2.18. The van der Waals surface area contributed by atoms with Gasteiger partial charge in [0.2, 0.25) is 0 Å². The molecule has 0 saturated heterocycles. The second-order valence-electron chi connectivity index (χ2n) is 3.34. The first kappa shape index (κ1) is 9.36. The lowest BCUT2D eigenvalue weighted by Gasteiger charge is -2.23. The van der Waals surface area contributed by atoms with E-state index < -0.39 is 0 Å². The van der Waals surface area contributed by atoms with Crippen LogP contribution in [0.15, 0.2) is 0 Å². The fourth-order valence-corrected chi connectivity index (χ4v) is 1.26.